The fourth-order valence-electron chi connectivity index (χ4n) is 15.4. The molecule has 2 heterocycles. The van der Waals surface area contributed by atoms with Gasteiger partial charge in [0.25, 0.3) is 0 Å². The summed E-state index contributed by atoms with van der Waals surface area (Å²) in [5.41, 5.74) is 25.7. The van der Waals surface area contributed by atoms with E-state index in [0.717, 1.165) is 13.1 Å². The molecule has 0 saturated heterocycles. The van der Waals surface area contributed by atoms with Crippen molar-refractivity contribution in [2.45, 2.75) is 79.3 Å². The van der Waals surface area contributed by atoms with Crippen molar-refractivity contribution in [3.63, 3.8) is 0 Å². The van der Waals surface area contributed by atoms with Gasteiger partial charge in [-0.1, -0.05) is 308 Å². The van der Waals surface area contributed by atoms with Gasteiger partial charge in [0, 0.05) is 56.7 Å². The molecule has 0 N–H and O–H groups in total. The summed E-state index contributed by atoms with van der Waals surface area (Å²) in [7, 11) is 0. The average Bonchev–Trinajstić information content (AvgIpc) is 1.13. The number of benzene rings is 15. The average molecular weight is 1240 g/mol. The van der Waals surface area contributed by atoms with E-state index >= 15 is 0 Å². The third-order valence-corrected chi connectivity index (χ3v) is 20.4. The van der Waals surface area contributed by atoms with Crippen LogP contribution < -0.4 is 0 Å². The maximum atomic E-state index is 2.41. The van der Waals surface area contributed by atoms with E-state index in [1.165, 1.54) is 176 Å². The quantitative estimate of drug-likeness (QED) is 0.128. The molecule has 0 atom stereocenters. The van der Waals surface area contributed by atoms with Crippen LogP contribution in [0.2, 0.25) is 0 Å². The van der Waals surface area contributed by atoms with Crippen LogP contribution in [0.4, 0.5) is 0 Å². The number of aromatic nitrogens is 2. The summed E-state index contributed by atoms with van der Waals surface area (Å²) >= 11 is 0. The predicted molar refractivity (Wildman–Crippen MR) is 416 cm³/mol. The SMILES string of the molecule is CCn1c2ccccc2c2cc(-c3ccc(-c4c5ccccc5c(-c5ccc(-c6ccc(C(C)(C)C)cc6)cc5)c5ccccc45)cc3)ccc21.CCn1c2ccccc2c2cc(-c3ccc(-c4c5ccccc5c(-c5ccc(C(C)(C)C)cc5)c5ccccc45)cc3)ccc21. The van der Waals surface area contributed by atoms with Gasteiger partial charge in [0.05, 0.1) is 0 Å². The monoisotopic (exact) mass is 1230 g/mol. The van der Waals surface area contributed by atoms with Crippen LogP contribution in [-0.4, -0.2) is 9.13 Å². The Morgan fingerprint density at radius 3 is 0.656 bits per heavy atom. The molecule has 96 heavy (non-hydrogen) atoms. The molecule has 0 amide bonds. The zero-order chi connectivity index (χ0) is 65.4. The Bertz CT molecular complexity index is 5690. The van der Waals surface area contributed by atoms with Gasteiger partial charge >= 0.3 is 0 Å². The molecule has 0 aliphatic carbocycles. The fourth-order valence-corrected chi connectivity index (χ4v) is 15.4. The smallest absolute Gasteiger partial charge is 0.0491 e. The van der Waals surface area contributed by atoms with Crippen molar-refractivity contribution in [2.75, 3.05) is 0 Å². The lowest BCUT2D eigenvalue weighted by Crippen LogP contribution is -2.10. The molecule has 0 unspecified atom stereocenters. The first-order chi connectivity index (χ1) is 46.8. The minimum Gasteiger partial charge on any atom is -0.341 e. The van der Waals surface area contributed by atoms with Gasteiger partial charge in [0.1, 0.15) is 0 Å². The van der Waals surface area contributed by atoms with Crippen molar-refractivity contribution < 1.29 is 0 Å². The molecule has 464 valence electrons. The van der Waals surface area contributed by atoms with Crippen LogP contribution >= 0.6 is 0 Å². The highest BCUT2D eigenvalue weighted by molar-refractivity contribution is 6.23. The van der Waals surface area contributed by atoms with Gasteiger partial charge in [0.15, 0.2) is 0 Å². The molecule has 0 aliphatic rings. The molecule has 0 aliphatic heterocycles. The minimum atomic E-state index is 0.124. The largest absolute Gasteiger partial charge is 0.341 e. The Kier molecular flexibility index (Phi) is 15.0. The molecule has 17 aromatic rings. The number of hydrogen-bond acceptors (Lipinski definition) is 0. The van der Waals surface area contributed by atoms with E-state index in [2.05, 4.69) is 368 Å². The molecule has 17 rings (SSSR count). The molecule has 2 aromatic heterocycles. The first kappa shape index (κ1) is 59.9. The van der Waals surface area contributed by atoms with Crippen molar-refractivity contribution in [1.29, 1.82) is 0 Å². The Balaban J connectivity index is 0.000000152. The number of nitrogens with zero attached hydrogens (tertiary/aromatic N) is 2. The number of rotatable bonds is 9. The second-order valence-corrected chi connectivity index (χ2v) is 28.1. The van der Waals surface area contributed by atoms with E-state index in [1.807, 2.05) is 0 Å². The molecule has 0 fully saturated rings. The van der Waals surface area contributed by atoms with E-state index in [-0.39, 0.29) is 10.8 Å². The van der Waals surface area contributed by atoms with Crippen molar-refractivity contribution >= 4 is 86.7 Å². The highest BCUT2D eigenvalue weighted by Gasteiger charge is 2.22. The van der Waals surface area contributed by atoms with Gasteiger partial charge in [-0.05, 0) is 193 Å². The summed E-state index contributed by atoms with van der Waals surface area (Å²) in [6, 6.07) is 113. The van der Waals surface area contributed by atoms with Crippen LogP contribution in [0.3, 0.4) is 0 Å². The third kappa shape index (κ3) is 10.4. The topological polar surface area (TPSA) is 9.86 Å². The van der Waals surface area contributed by atoms with Crippen LogP contribution in [0.25, 0.3) is 165 Å². The van der Waals surface area contributed by atoms with E-state index in [9.17, 15) is 0 Å². The lowest BCUT2D eigenvalue weighted by atomic mass is 9.83. The summed E-state index contributed by atoms with van der Waals surface area (Å²) in [6.45, 7) is 20.0. The lowest BCUT2D eigenvalue weighted by molar-refractivity contribution is 0.590. The molecule has 2 heteroatoms. The van der Waals surface area contributed by atoms with Gasteiger partial charge in [-0.3, -0.25) is 0 Å². The van der Waals surface area contributed by atoms with Gasteiger partial charge in [0.2, 0.25) is 0 Å². The van der Waals surface area contributed by atoms with Gasteiger partial charge in [-0.25, -0.2) is 0 Å². The first-order valence-corrected chi connectivity index (χ1v) is 34.2. The Morgan fingerprint density at radius 1 is 0.198 bits per heavy atom. The standard InChI is InChI=1S/C50H41N.C44H37N/c1-5-51-46-17-11-10-12-40(46)45-32-38(28-31-47(45)51)35-20-24-37(25-21-35)49-43-15-8-6-13-41(43)48(42-14-7-9-16-44(42)49)36-22-18-33(19-23-36)34-26-29-39(30-27-34)50(2,3)4;1-5-45-40-17-11-10-12-34(40)39-28-32(24-27-41(39)45)29-18-20-30(21-19-29)42-35-13-6-8-15-37(35)43(38-16-9-7-14-36(38)42)31-22-25-33(26-23-31)44(2,3)4/h6-32H,5H2,1-4H3;6-28H,5H2,1-4H3. The highest BCUT2D eigenvalue weighted by atomic mass is 15.0. The minimum absolute atomic E-state index is 0.124. The third-order valence-electron chi connectivity index (χ3n) is 20.4. The van der Waals surface area contributed by atoms with Crippen LogP contribution in [0.15, 0.2) is 303 Å². The van der Waals surface area contributed by atoms with Crippen molar-refractivity contribution in [3.05, 3.63) is 314 Å². The molecular weight excluding hydrogens is 1160 g/mol. The summed E-state index contributed by atoms with van der Waals surface area (Å²) in [5.74, 6) is 0. The first-order valence-electron chi connectivity index (χ1n) is 34.2. The van der Waals surface area contributed by atoms with E-state index in [1.54, 1.807) is 0 Å². The van der Waals surface area contributed by atoms with Crippen LogP contribution in [0.1, 0.15) is 66.5 Å². The summed E-state index contributed by atoms with van der Waals surface area (Å²) < 4.78 is 4.83. The Labute approximate surface area is 564 Å². The van der Waals surface area contributed by atoms with E-state index < -0.39 is 0 Å². The van der Waals surface area contributed by atoms with Crippen LogP contribution in [-0.2, 0) is 23.9 Å². The summed E-state index contributed by atoms with van der Waals surface area (Å²) in [6.07, 6.45) is 0. The Morgan fingerprint density at radius 2 is 0.396 bits per heavy atom. The van der Waals surface area contributed by atoms with E-state index in [4.69, 9.17) is 0 Å². The van der Waals surface area contributed by atoms with Crippen molar-refractivity contribution in [3.8, 4) is 77.9 Å². The molecule has 15 aromatic carbocycles. The van der Waals surface area contributed by atoms with Gasteiger partial charge in [-0.15, -0.1) is 0 Å². The number of hydrogen-bond donors (Lipinski definition) is 0. The van der Waals surface area contributed by atoms with E-state index in [0.29, 0.717) is 0 Å². The molecule has 0 radical (unpaired) electrons. The fraction of sp³-hybridized carbons (Fsp3) is 0.128. The molecule has 2 nitrogen and oxygen atoms in total. The normalized spacial score (nSPS) is 12.0. The Hall–Kier alpha value is -11.1. The van der Waals surface area contributed by atoms with Crippen LogP contribution in [0.5, 0.6) is 0 Å². The number of aryl methyl sites for hydroxylation is 2. The zero-order valence-electron chi connectivity index (χ0n) is 56.2. The summed E-state index contributed by atoms with van der Waals surface area (Å²) in [4.78, 5) is 0. The van der Waals surface area contributed by atoms with Gasteiger partial charge < -0.3 is 9.13 Å². The number of fused-ring (bicyclic) bond motifs is 10. The molecule has 0 bridgehead atoms. The number of para-hydroxylation sites is 2. The second kappa shape index (κ2) is 24.1. The zero-order valence-corrected chi connectivity index (χ0v) is 56.2. The maximum Gasteiger partial charge on any atom is 0.0491 e. The highest BCUT2D eigenvalue weighted by Crippen LogP contribution is 2.47. The predicted octanol–water partition coefficient (Wildman–Crippen LogP) is 26.5. The van der Waals surface area contributed by atoms with Crippen molar-refractivity contribution in [2.24, 2.45) is 0 Å². The van der Waals surface area contributed by atoms with Gasteiger partial charge in [-0.2, -0.15) is 0 Å². The molecule has 0 spiro atoms. The lowest BCUT2D eigenvalue weighted by Gasteiger charge is -2.21. The second-order valence-electron chi connectivity index (χ2n) is 28.1. The summed E-state index contributed by atoms with van der Waals surface area (Å²) in [5, 5.41) is 15.5. The van der Waals surface area contributed by atoms with Crippen LogP contribution in [0, 0.1) is 0 Å². The van der Waals surface area contributed by atoms with Crippen molar-refractivity contribution in [1.82, 2.24) is 9.13 Å². The maximum absolute atomic E-state index is 2.41. The molecular formula is C94H78N2. The molecule has 0 saturated carbocycles.